The predicted molar refractivity (Wildman–Crippen MR) is 164 cm³/mol. The van der Waals surface area contributed by atoms with Crippen molar-refractivity contribution in [2.45, 2.75) is 57.3 Å². The lowest BCUT2D eigenvalue weighted by molar-refractivity contribution is -0.153. The van der Waals surface area contributed by atoms with Crippen LogP contribution in [0.25, 0.3) is 22.4 Å². The van der Waals surface area contributed by atoms with Gasteiger partial charge in [-0.15, -0.1) is 0 Å². The number of esters is 2. The Balaban J connectivity index is 1.34. The number of para-hydroxylation sites is 1. The third kappa shape index (κ3) is 7.17. The van der Waals surface area contributed by atoms with E-state index in [0.29, 0.717) is 50.8 Å². The quantitative estimate of drug-likeness (QED) is 0.290. The fourth-order valence-corrected chi connectivity index (χ4v) is 5.82. The summed E-state index contributed by atoms with van der Waals surface area (Å²) in [7, 11) is 4.66. The Bertz CT molecular complexity index is 1550. The number of likely N-dealkylation sites (tertiary alicyclic amines) is 1. The zero-order valence-corrected chi connectivity index (χ0v) is 26.6. The van der Waals surface area contributed by atoms with E-state index in [4.69, 9.17) is 28.9 Å². The van der Waals surface area contributed by atoms with Gasteiger partial charge >= 0.3 is 18.0 Å². The number of carbonyl (C=O) groups is 3. The lowest BCUT2D eigenvalue weighted by Crippen LogP contribution is -2.51. The summed E-state index contributed by atoms with van der Waals surface area (Å²) in [6, 6.07) is 6.10. The molecule has 0 spiro atoms. The number of hydrogen-bond donors (Lipinski definition) is 1. The van der Waals surface area contributed by atoms with Crippen molar-refractivity contribution < 1.29 is 33.3 Å². The van der Waals surface area contributed by atoms with E-state index in [1.807, 2.05) is 29.8 Å². The van der Waals surface area contributed by atoms with Crippen molar-refractivity contribution in [1.29, 1.82) is 0 Å². The van der Waals surface area contributed by atoms with Crippen LogP contribution in [0.4, 0.5) is 10.6 Å². The van der Waals surface area contributed by atoms with Gasteiger partial charge in [-0.25, -0.2) is 24.5 Å². The topological polar surface area (TPSA) is 150 Å². The second-order valence-corrected chi connectivity index (χ2v) is 12.2. The second kappa shape index (κ2) is 13.4. The maximum absolute atomic E-state index is 12.9. The van der Waals surface area contributed by atoms with Gasteiger partial charge in [0, 0.05) is 57.3 Å². The van der Waals surface area contributed by atoms with Crippen LogP contribution in [0.3, 0.4) is 0 Å². The number of morpholine rings is 1. The van der Waals surface area contributed by atoms with Crippen LogP contribution >= 0.6 is 0 Å². The highest BCUT2D eigenvalue weighted by molar-refractivity contribution is 5.91. The molecular weight excluding hydrogens is 582 g/mol. The Morgan fingerprint density at radius 3 is 2.56 bits per heavy atom. The maximum atomic E-state index is 12.9. The van der Waals surface area contributed by atoms with E-state index in [2.05, 4.69) is 15.2 Å². The molecule has 3 atom stereocenters. The number of ether oxygens (including phenoxy) is 4. The van der Waals surface area contributed by atoms with Crippen molar-refractivity contribution in [1.82, 2.24) is 29.3 Å². The fourth-order valence-electron chi connectivity index (χ4n) is 5.82. The standard InChI is InChI=1S/C31H41N7O7/c1-31(2,3)45-30(41)38-17-19(16-22(38)28(39)42-5)33-24-10-12-32-27(35-24)20-8-7-9-21-26(20)36(4)25(34-21)11-13-37-14-15-44-18-23(37)29(40)43-6/h7-10,12,19,22-23H,11,13-18H2,1-6H3,(H,32,33,35)/t19-,22-,23-/m0/s1. The number of hydrogen-bond acceptors (Lipinski definition) is 12. The van der Waals surface area contributed by atoms with E-state index in [1.165, 1.54) is 19.1 Å². The summed E-state index contributed by atoms with van der Waals surface area (Å²) in [5.74, 6) is 1.12. The number of fused-ring (bicyclic) bond motifs is 1. The molecule has 2 aliphatic rings. The molecule has 14 heteroatoms. The molecule has 14 nitrogen and oxygen atoms in total. The van der Waals surface area contributed by atoms with Crippen molar-refractivity contribution in [3.8, 4) is 11.4 Å². The Labute approximate surface area is 262 Å². The first kappa shape index (κ1) is 32.1. The molecule has 0 saturated carbocycles. The number of imidazole rings is 1. The van der Waals surface area contributed by atoms with Gasteiger partial charge in [0.2, 0.25) is 0 Å². The molecule has 45 heavy (non-hydrogen) atoms. The van der Waals surface area contributed by atoms with E-state index < -0.39 is 29.7 Å². The normalized spacial score (nSPS) is 20.7. The first-order chi connectivity index (χ1) is 21.5. The predicted octanol–water partition coefficient (Wildman–Crippen LogP) is 2.41. The number of rotatable bonds is 8. The average Bonchev–Trinajstić information content (AvgIpc) is 3.59. The van der Waals surface area contributed by atoms with Gasteiger partial charge in [-0.2, -0.15) is 0 Å². The molecule has 2 fully saturated rings. The summed E-state index contributed by atoms with van der Waals surface area (Å²) in [6.45, 7) is 7.72. The van der Waals surface area contributed by atoms with Crippen LogP contribution in [0.15, 0.2) is 30.5 Å². The van der Waals surface area contributed by atoms with E-state index in [9.17, 15) is 14.4 Å². The van der Waals surface area contributed by atoms with Crippen LogP contribution in [0.1, 0.15) is 33.0 Å². The first-order valence-electron chi connectivity index (χ1n) is 15.0. The summed E-state index contributed by atoms with van der Waals surface area (Å²) in [5.41, 5.74) is 1.80. The minimum atomic E-state index is -0.773. The van der Waals surface area contributed by atoms with Crippen molar-refractivity contribution in [3.05, 3.63) is 36.3 Å². The molecule has 5 rings (SSSR count). The summed E-state index contributed by atoms with van der Waals surface area (Å²) in [4.78, 5) is 55.4. The number of nitrogens with zero attached hydrogens (tertiary/aromatic N) is 6. The van der Waals surface area contributed by atoms with Crippen LogP contribution in [0, 0.1) is 0 Å². The molecule has 0 radical (unpaired) electrons. The number of amides is 1. The third-order valence-electron chi connectivity index (χ3n) is 7.97. The van der Waals surface area contributed by atoms with Crippen molar-refractivity contribution in [2.75, 3.05) is 52.4 Å². The average molecular weight is 624 g/mol. The Morgan fingerprint density at radius 1 is 1.07 bits per heavy atom. The largest absolute Gasteiger partial charge is 0.468 e. The maximum Gasteiger partial charge on any atom is 0.411 e. The van der Waals surface area contributed by atoms with Crippen molar-refractivity contribution >= 4 is 34.9 Å². The second-order valence-electron chi connectivity index (χ2n) is 12.2. The molecule has 0 bridgehead atoms. The number of carbonyl (C=O) groups excluding carboxylic acids is 3. The van der Waals surface area contributed by atoms with Gasteiger partial charge in [-0.3, -0.25) is 14.6 Å². The third-order valence-corrected chi connectivity index (χ3v) is 7.97. The van der Waals surface area contributed by atoms with Gasteiger partial charge < -0.3 is 28.8 Å². The number of aryl methyl sites for hydroxylation is 1. The molecule has 1 N–H and O–H groups in total. The van der Waals surface area contributed by atoms with Crippen LogP contribution in [0.2, 0.25) is 0 Å². The monoisotopic (exact) mass is 623 g/mol. The minimum Gasteiger partial charge on any atom is -0.468 e. The Morgan fingerprint density at radius 2 is 1.82 bits per heavy atom. The molecule has 242 valence electrons. The minimum absolute atomic E-state index is 0.245. The molecule has 1 aromatic carbocycles. The van der Waals surface area contributed by atoms with Gasteiger partial charge in [-0.1, -0.05) is 6.07 Å². The number of methoxy groups -OCH3 is 2. The Hall–Kier alpha value is -4.30. The number of benzene rings is 1. The first-order valence-corrected chi connectivity index (χ1v) is 15.0. The van der Waals surface area contributed by atoms with E-state index in [-0.39, 0.29) is 18.6 Å². The highest BCUT2D eigenvalue weighted by atomic mass is 16.6. The molecule has 2 aromatic heterocycles. The molecule has 0 aliphatic carbocycles. The van der Waals surface area contributed by atoms with Crippen LogP contribution in [0.5, 0.6) is 0 Å². The summed E-state index contributed by atoms with van der Waals surface area (Å²) in [5, 5.41) is 3.37. The SMILES string of the molecule is COC(=O)[C@@H]1COCCN1CCc1nc2cccc(-c3nccc(N[C@H]4C[C@@H](C(=O)OC)N(C(=O)OC(C)(C)C)C4)n3)c2n1C. The van der Waals surface area contributed by atoms with Crippen LogP contribution in [-0.4, -0.2) is 118 Å². The van der Waals surface area contributed by atoms with Gasteiger partial charge in [0.1, 0.15) is 29.3 Å². The molecule has 2 saturated heterocycles. The lowest BCUT2D eigenvalue weighted by atomic mass is 10.1. The van der Waals surface area contributed by atoms with Crippen LogP contribution < -0.4 is 5.32 Å². The Kier molecular flexibility index (Phi) is 9.53. The zero-order valence-electron chi connectivity index (χ0n) is 26.6. The summed E-state index contributed by atoms with van der Waals surface area (Å²) >= 11 is 0. The zero-order chi connectivity index (χ0) is 32.3. The van der Waals surface area contributed by atoms with Crippen LogP contribution in [-0.2, 0) is 42.0 Å². The number of anilines is 1. The van der Waals surface area contributed by atoms with Gasteiger partial charge in [0.15, 0.2) is 5.82 Å². The molecule has 1 amide bonds. The number of aromatic nitrogens is 4. The summed E-state index contributed by atoms with van der Waals surface area (Å²) in [6.07, 6.45) is 2.06. The van der Waals surface area contributed by atoms with Gasteiger partial charge in [0.05, 0.1) is 38.5 Å². The van der Waals surface area contributed by atoms with E-state index in [1.54, 1.807) is 33.0 Å². The molecule has 0 unspecified atom stereocenters. The van der Waals surface area contributed by atoms with Crippen molar-refractivity contribution in [3.63, 3.8) is 0 Å². The molecular formula is C31H41N7O7. The van der Waals surface area contributed by atoms with E-state index in [0.717, 1.165) is 22.4 Å². The molecule has 2 aliphatic heterocycles. The van der Waals surface area contributed by atoms with Crippen molar-refractivity contribution in [2.24, 2.45) is 7.05 Å². The van der Waals surface area contributed by atoms with Gasteiger partial charge in [0.25, 0.3) is 0 Å². The number of nitrogens with one attached hydrogen (secondary N) is 1. The van der Waals surface area contributed by atoms with Gasteiger partial charge in [-0.05, 0) is 39.0 Å². The smallest absolute Gasteiger partial charge is 0.411 e. The molecule has 4 heterocycles. The fraction of sp³-hybridized carbons (Fsp3) is 0.548. The molecule has 3 aromatic rings. The highest BCUT2D eigenvalue weighted by Gasteiger charge is 2.42. The van der Waals surface area contributed by atoms with E-state index >= 15 is 0 Å². The lowest BCUT2D eigenvalue weighted by Gasteiger charge is -2.33. The summed E-state index contributed by atoms with van der Waals surface area (Å²) < 4.78 is 23.0. The highest BCUT2D eigenvalue weighted by Crippen LogP contribution is 2.29.